The molecule has 0 amide bonds. The Labute approximate surface area is 153 Å². The summed E-state index contributed by atoms with van der Waals surface area (Å²) >= 11 is 5.90. The van der Waals surface area contributed by atoms with E-state index in [2.05, 4.69) is 5.32 Å². The first kappa shape index (κ1) is 19.9. The van der Waals surface area contributed by atoms with E-state index < -0.39 is 10.1 Å². The maximum absolute atomic E-state index is 10.5. The number of aryl methyl sites for hydroxylation is 1. The van der Waals surface area contributed by atoms with E-state index in [1.807, 2.05) is 31.2 Å². The van der Waals surface area contributed by atoms with Gasteiger partial charge in [0, 0.05) is 5.02 Å². The van der Waals surface area contributed by atoms with Crippen LogP contribution in [-0.4, -0.2) is 30.7 Å². The monoisotopic (exact) mass is 383 g/mol. The molecule has 1 fully saturated rings. The van der Waals surface area contributed by atoms with Crippen LogP contribution >= 0.6 is 11.6 Å². The number of aliphatic hydroxyl groups is 1. The molecular weight excluding hydrogens is 362 g/mol. The number of nitrogens with one attached hydrogen (secondary N) is 1. The van der Waals surface area contributed by atoms with Gasteiger partial charge in [0.25, 0.3) is 10.1 Å². The van der Waals surface area contributed by atoms with Crippen molar-refractivity contribution >= 4 is 21.7 Å². The summed E-state index contributed by atoms with van der Waals surface area (Å²) in [5.74, 6) is 0. The van der Waals surface area contributed by atoms with Crippen molar-refractivity contribution in [3.05, 3.63) is 64.7 Å². The zero-order valence-corrected chi connectivity index (χ0v) is 15.5. The van der Waals surface area contributed by atoms with Crippen LogP contribution in [0.1, 0.15) is 30.0 Å². The van der Waals surface area contributed by atoms with Crippen LogP contribution in [0, 0.1) is 6.92 Å². The predicted octanol–water partition coefficient (Wildman–Crippen LogP) is 3.37. The second-order valence-electron chi connectivity index (χ2n) is 5.98. The van der Waals surface area contributed by atoms with E-state index >= 15 is 0 Å². The molecule has 0 unspecified atom stereocenters. The largest absolute Gasteiger partial charge is 0.391 e. The highest BCUT2D eigenvalue weighted by molar-refractivity contribution is 7.85. The van der Waals surface area contributed by atoms with Crippen molar-refractivity contribution in [2.75, 3.05) is 6.54 Å². The number of aliphatic hydroxyl groups excluding tert-OH is 1. The molecular formula is C18H22ClNO4S. The molecule has 1 aliphatic rings. The molecule has 0 aliphatic carbocycles. The molecule has 136 valence electrons. The van der Waals surface area contributed by atoms with Gasteiger partial charge in [-0.3, -0.25) is 4.55 Å². The molecule has 0 aromatic heterocycles. The quantitative estimate of drug-likeness (QED) is 0.692. The second-order valence-corrected chi connectivity index (χ2v) is 7.84. The van der Waals surface area contributed by atoms with E-state index in [1.54, 1.807) is 12.1 Å². The van der Waals surface area contributed by atoms with Gasteiger partial charge in [0.15, 0.2) is 0 Å². The Morgan fingerprint density at radius 2 is 1.84 bits per heavy atom. The van der Waals surface area contributed by atoms with E-state index in [0.29, 0.717) is 0 Å². The first-order valence-electron chi connectivity index (χ1n) is 7.98. The molecule has 1 aliphatic heterocycles. The van der Waals surface area contributed by atoms with Crippen LogP contribution in [-0.2, 0) is 10.1 Å². The van der Waals surface area contributed by atoms with E-state index in [1.165, 1.54) is 12.1 Å². The summed E-state index contributed by atoms with van der Waals surface area (Å²) in [5, 5.41) is 13.8. The number of hydrogen-bond acceptors (Lipinski definition) is 4. The maximum Gasteiger partial charge on any atom is 0.294 e. The first-order valence-corrected chi connectivity index (χ1v) is 9.80. The minimum atomic E-state index is -4.02. The van der Waals surface area contributed by atoms with Crippen LogP contribution < -0.4 is 5.32 Å². The maximum atomic E-state index is 10.5. The number of benzene rings is 2. The minimum Gasteiger partial charge on any atom is -0.391 e. The highest BCUT2D eigenvalue weighted by atomic mass is 35.5. The molecule has 0 saturated carbocycles. The van der Waals surface area contributed by atoms with Gasteiger partial charge in [0.1, 0.15) is 0 Å². The van der Waals surface area contributed by atoms with Gasteiger partial charge in [-0.15, -0.1) is 0 Å². The summed E-state index contributed by atoms with van der Waals surface area (Å²) in [7, 11) is -4.02. The first-order chi connectivity index (χ1) is 11.8. The molecule has 0 bridgehead atoms. The van der Waals surface area contributed by atoms with E-state index in [4.69, 9.17) is 16.2 Å². The van der Waals surface area contributed by atoms with Crippen molar-refractivity contribution in [2.45, 2.75) is 36.8 Å². The summed E-state index contributed by atoms with van der Waals surface area (Å²) in [4.78, 5) is -0.0666. The molecule has 2 aromatic rings. The summed E-state index contributed by atoms with van der Waals surface area (Å²) in [5.41, 5.74) is 2.03. The van der Waals surface area contributed by atoms with Crippen LogP contribution in [0.4, 0.5) is 0 Å². The smallest absolute Gasteiger partial charge is 0.294 e. The van der Waals surface area contributed by atoms with Gasteiger partial charge in [0.05, 0.1) is 17.0 Å². The van der Waals surface area contributed by atoms with Gasteiger partial charge in [0.2, 0.25) is 0 Å². The fraction of sp³-hybridized carbons (Fsp3) is 0.333. The van der Waals surface area contributed by atoms with Crippen LogP contribution in [0.3, 0.4) is 0 Å². The van der Waals surface area contributed by atoms with Crippen molar-refractivity contribution < 1.29 is 18.1 Å². The molecule has 3 N–H and O–H groups in total. The second kappa shape index (κ2) is 8.78. The predicted molar refractivity (Wildman–Crippen MR) is 98.4 cm³/mol. The molecule has 1 heterocycles. The molecule has 1 saturated heterocycles. The fourth-order valence-corrected chi connectivity index (χ4v) is 3.30. The number of halogens is 1. The lowest BCUT2D eigenvalue weighted by Gasteiger charge is -2.29. The van der Waals surface area contributed by atoms with E-state index in [0.717, 1.165) is 35.5 Å². The third-order valence-corrected chi connectivity index (χ3v) is 5.06. The summed E-state index contributed by atoms with van der Waals surface area (Å²) < 4.78 is 29.6. The topological polar surface area (TPSA) is 86.6 Å². The molecule has 0 radical (unpaired) electrons. The number of hydrogen-bond donors (Lipinski definition) is 3. The van der Waals surface area contributed by atoms with Crippen molar-refractivity contribution in [3.8, 4) is 0 Å². The Morgan fingerprint density at radius 3 is 2.40 bits per heavy atom. The summed E-state index contributed by atoms with van der Waals surface area (Å²) in [6, 6.07) is 13.7. The van der Waals surface area contributed by atoms with Gasteiger partial charge in [-0.05, 0) is 56.1 Å². The Kier molecular flexibility index (Phi) is 6.98. The highest BCUT2D eigenvalue weighted by Gasteiger charge is 2.23. The Balaban J connectivity index is 0.000000186. The summed E-state index contributed by atoms with van der Waals surface area (Å²) in [6.45, 7) is 2.81. The Morgan fingerprint density at radius 1 is 1.16 bits per heavy atom. The zero-order chi connectivity index (χ0) is 18.4. The lowest BCUT2D eigenvalue weighted by molar-refractivity contribution is 0.0965. The van der Waals surface area contributed by atoms with Gasteiger partial charge < -0.3 is 10.4 Å². The molecule has 5 nitrogen and oxygen atoms in total. The SMILES string of the molecule is Cc1ccc(S(=O)(=O)O)cc1.O[C@H]1CCCN[C@H]1c1cccc(Cl)c1. The van der Waals surface area contributed by atoms with Crippen molar-refractivity contribution in [3.63, 3.8) is 0 Å². The molecule has 2 aromatic carbocycles. The Bertz CT molecular complexity index is 793. The molecule has 2 atom stereocenters. The highest BCUT2D eigenvalue weighted by Crippen LogP contribution is 2.25. The number of piperidine rings is 1. The van der Waals surface area contributed by atoms with Crippen molar-refractivity contribution in [1.29, 1.82) is 0 Å². The fourth-order valence-electron chi connectivity index (χ4n) is 2.62. The lowest BCUT2D eigenvalue weighted by Crippen LogP contribution is -2.37. The van der Waals surface area contributed by atoms with Gasteiger partial charge >= 0.3 is 0 Å². The van der Waals surface area contributed by atoms with Crippen LogP contribution in [0.2, 0.25) is 5.02 Å². The zero-order valence-electron chi connectivity index (χ0n) is 13.9. The van der Waals surface area contributed by atoms with E-state index in [9.17, 15) is 13.5 Å². The number of rotatable bonds is 2. The van der Waals surface area contributed by atoms with Gasteiger partial charge in [-0.2, -0.15) is 8.42 Å². The third kappa shape index (κ3) is 6.09. The van der Waals surface area contributed by atoms with E-state index in [-0.39, 0.29) is 17.0 Å². The lowest BCUT2D eigenvalue weighted by atomic mass is 9.95. The standard InChI is InChI=1S/C11H14ClNO.C7H8O3S/c12-9-4-1-3-8(7-9)11-10(14)5-2-6-13-11;1-6-2-4-7(5-3-6)11(8,9)10/h1,3-4,7,10-11,13-14H,2,5-6H2;2-5H,1H3,(H,8,9,10)/t10-,11-;/m0./s1. The molecule has 25 heavy (non-hydrogen) atoms. The third-order valence-electron chi connectivity index (χ3n) is 3.95. The van der Waals surface area contributed by atoms with Crippen LogP contribution in [0.15, 0.2) is 53.4 Å². The molecule has 3 rings (SSSR count). The minimum absolute atomic E-state index is 0.0439. The van der Waals surface area contributed by atoms with Crippen molar-refractivity contribution in [2.24, 2.45) is 0 Å². The van der Waals surface area contributed by atoms with Crippen LogP contribution in [0.25, 0.3) is 0 Å². The van der Waals surface area contributed by atoms with Gasteiger partial charge in [-0.1, -0.05) is 41.4 Å². The Hall–Kier alpha value is -1.44. The molecule has 7 heteroatoms. The average Bonchev–Trinajstić information content (AvgIpc) is 2.55. The molecule has 0 spiro atoms. The average molecular weight is 384 g/mol. The summed E-state index contributed by atoms with van der Waals surface area (Å²) in [6.07, 6.45) is 1.62. The van der Waals surface area contributed by atoms with Gasteiger partial charge in [-0.25, -0.2) is 0 Å². The van der Waals surface area contributed by atoms with Crippen LogP contribution in [0.5, 0.6) is 0 Å². The normalized spacial score (nSPS) is 20.5. The van der Waals surface area contributed by atoms with Crippen molar-refractivity contribution in [1.82, 2.24) is 5.32 Å².